The van der Waals surface area contributed by atoms with Gasteiger partial charge in [-0.05, 0) is 44.6 Å². The SMILES string of the molecule is CCc1c(C)sc(NC(=O)C2CCCO2)c1C(=O)NC1CC1. The van der Waals surface area contributed by atoms with Gasteiger partial charge in [0.05, 0.1) is 5.56 Å². The molecule has 120 valence electrons. The lowest BCUT2D eigenvalue weighted by molar-refractivity contribution is -0.124. The Hall–Kier alpha value is -1.40. The number of carbonyl (C=O) groups is 2. The monoisotopic (exact) mass is 322 g/mol. The molecule has 1 aromatic heterocycles. The molecule has 2 fully saturated rings. The molecule has 6 heteroatoms. The van der Waals surface area contributed by atoms with Crippen LogP contribution in [-0.4, -0.2) is 30.6 Å². The van der Waals surface area contributed by atoms with Crippen molar-refractivity contribution in [3.63, 3.8) is 0 Å². The van der Waals surface area contributed by atoms with Crippen LogP contribution in [0.15, 0.2) is 0 Å². The summed E-state index contributed by atoms with van der Waals surface area (Å²) in [5, 5.41) is 6.60. The number of hydrogen-bond acceptors (Lipinski definition) is 4. The number of ether oxygens (including phenoxy) is 1. The van der Waals surface area contributed by atoms with E-state index in [0.29, 0.717) is 23.2 Å². The highest BCUT2D eigenvalue weighted by atomic mass is 32.1. The quantitative estimate of drug-likeness (QED) is 0.876. The van der Waals surface area contributed by atoms with E-state index in [1.54, 1.807) is 0 Å². The standard InChI is InChI=1S/C16H22N2O3S/c1-3-11-9(2)22-16(13(11)15(20)17-10-6-7-10)18-14(19)12-5-4-8-21-12/h10,12H,3-8H2,1-2H3,(H,17,20)(H,18,19). The summed E-state index contributed by atoms with van der Waals surface area (Å²) in [6, 6.07) is 0.305. The van der Waals surface area contributed by atoms with Crippen molar-refractivity contribution in [1.29, 1.82) is 0 Å². The zero-order valence-corrected chi connectivity index (χ0v) is 13.8. The average Bonchev–Trinajstić information content (AvgIpc) is 3.03. The summed E-state index contributed by atoms with van der Waals surface area (Å²) in [5.41, 5.74) is 1.68. The Bertz CT molecular complexity index is 586. The molecule has 1 atom stereocenters. The largest absolute Gasteiger partial charge is 0.368 e. The van der Waals surface area contributed by atoms with Crippen LogP contribution in [0, 0.1) is 6.92 Å². The van der Waals surface area contributed by atoms with Gasteiger partial charge in [-0.2, -0.15) is 0 Å². The van der Waals surface area contributed by atoms with Crippen LogP contribution in [0.4, 0.5) is 5.00 Å². The third kappa shape index (κ3) is 3.17. The predicted molar refractivity (Wildman–Crippen MR) is 86.5 cm³/mol. The first-order valence-electron chi connectivity index (χ1n) is 7.95. The highest BCUT2D eigenvalue weighted by molar-refractivity contribution is 7.16. The molecule has 5 nitrogen and oxygen atoms in total. The van der Waals surface area contributed by atoms with Gasteiger partial charge in [0.2, 0.25) is 0 Å². The summed E-state index contributed by atoms with van der Waals surface area (Å²) < 4.78 is 5.42. The van der Waals surface area contributed by atoms with Crippen molar-refractivity contribution in [3.05, 3.63) is 16.0 Å². The normalized spacial score (nSPS) is 20.9. The van der Waals surface area contributed by atoms with E-state index < -0.39 is 0 Å². The van der Waals surface area contributed by atoms with Crippen LogP contribution in [0.25, 0.3) is 0 Å². The molecule has 1 saturated carbocycles. The van der Waals surface area contributed by atoms with E-state index >= 15 is 0 Å². The van der Waals surface area contributed by atoms with E-state index in [-0.39, 0.29) is 17.9 Å². The molecule has 2 aliphatic rings. The highest BCUT2D eigenvalue weighted by Crippen LogP contribution is 2.34. The van der Waals surface area contributed by atoms with Gasteiger partial charge in [0.1, 0.15) is 11.1 Å². The predicted octanol–water partition coefficient (Wildman–Crippen LogP) is 2.63. The molecule has 22 heavy (non-hydrogen) atoms. The lowest BCUT2D eigenvalue weighted by atomic mass is 10.1. The first kappa shape index (κ1) is 15.5. The van der Waals surface area contributed by atoms with Gasteiger partial charge in [-0.1, -0.05) is 6.92 Å². The molecule has 0 bridgehead atoms. The Balaban J connectivity index is 1.82. The van der Waals surface area contributed by atoms with Crippen LogP contribution in [0.3, 0.4) is 0 Å². The Kier molecular flexibility index (Phi) is 4.49. The Morgan fingerprint density at radius 2 is 2.09 bits per heavy atom. The molecule has 1 aliphatic carbocycles. The van der Waals surface area contributed by atoms with E-state index in [2.05, 4.69) is 10.6 Å². The fraction of sp³-hybridized carbons (Fsp3) is 0.625. The van der Waals surface area contributed by atoms with Crippen LogP contribution in [0.2, 0.25) is 0 Å². The molecule has 1 aliphatic heterocycles. The van der Waals surface area contributed by atoms with E-state index in [1.807, 2.05) is 13.8 Å². The minimum Gasteiger partial charge on any atom is -0.368 e. The summed E-state index contributed by atoms with van der Waals surface area (Å²) in [6.07, 6.45) is 4.16. The van der Waals surface area contributed by atoms with E-state index in [4.69, 9.17) is 4.74 Å². The van der Waals surface area contributed by atoms with Crippen molar-refractivity contribution >= 4 is 28.2 Å². The van der Waals surface area contributed by atoms with Crippen molar-refractivity contribution < 1.29 is 14.3 Å². The van der Waals surface area contributed by atoms with Gasteiger partial charge in [0.15, 0.2) is 0 Å². The maximum Gasteiger partial charge on any atom is 0.254 e. The number of aryl methyl sites for hydroxylation is 1. The van der Waals surface area contributed by atoms with Gasteiger partial charge in [-0.25, -0.2) is 0 Å². The van der Waals surface area contributed by atoms with E-state index in [9.17, 15) is 9.59 Å². The van der Waals surface area contributed by atoms with Gasteiger partial charge in [-0.3, -0.25) is 9.59 Å². The minimum absolute atomic E-state index is 0.0636. The highest BCUT2D eigenvalue weighted by Gasteiger charge is 2.30. The van der Waals surface area contributed by atoms with Crippen LogP contribution in [0.5, 0.6) is 0 Å². The smallest absolute Gasteiger partial charge is 0.254 e. The van der Waals surface area contributed by atoms with Gasteiger partial charge in [0, 0.05) is 17.5 Å². The first-order chi connectivity index (χ1) is 10.6. The number of anilines is 1. The number of nitrogens with one attached hydrogen (secondary N) is 2. The van der Waals surface area contributed by atoms with Gasteiger partial charge >= 0.3 is 0 Å². The summed E-state index contributed by atoms with van der Waals surface area (Å²) in [7, 11) is 0. The molecule has 1 aromatic rings. The molecule has 1 saturated heterocycles. The van der Waals surface area contributed by atoms with Gasteiger partial charge in [0.25, 0.3) is 11.8 Å². The molecule has 0 aromatic carbocycles. The van der Waals surface area contributed by atoms with Crippen molar-refractivity contribution in [2.45, 2.75) is 58.1 Å². The van der Waals surface area contributed by atoms with Crippen molar-refractivity contribution in [3.8, 4) is 0 Å². The fourth-order valence-electron chi connectivity index (χ4n) is 2.79. The lowest BCUT2D eigenvalue weighted by Gasteiger charge is -2.11. The third-order valence-electron chi connectivity index (χ3n) is 4.16. The maximum absolute atomic E-state index is 12.5. The fourth-order valence-corrected chi connectivity index (χ4v) is 3.94. The number of hydrogen-bond donors (Lipinski definition) is 2. The topological polar surface area (TPSA) is 67.4 Å². The van der Waals surface area contributed by atoms with Crippen LogP contribution in [-0.2, 0) is 16.0 Å². The van der Waals surface area contributed by atoms with Crippen molar-refractivity contribution in [1.82, 2.24) is 5.32 Å². The zero-order valence-electron chi connectivity index (χ0n) is 13.0. The number of rotatable bonds is 5. The van der Waals surface area contributed by atoms with Gasteiger partial charge in [-0.15, -0.1) is 11.3 Å². The van der Waals surface area contributed by atoms with Crippen molar-refractivity contribution in [2.75, 3.05) is 11.9 Å². The Labute approximate surface area is 134 Å². The second-order valence-electron chi connectivity index (χ2n) is 5.93. The molecule has 2 N–H and O–H groups in total. The van der Waals surface area contributed by atoms with Gasteiger partial charge < -0.3 is 15.4 Å². The molecule has 2 heterocycles. The summed E-state index contributed by atoms with van der Waals surface area (Å²) in [6.45, 7) is 4.67. The Morgan fingerprint density at radius 3 is 2.68 bits per heavy atom. The summed E-state index contributed by atoms with van der Waals surface area (Å²) in [5.74, 6) is -0.201. The second kappa shape index (κ2) is 6.38. The van der Waals surface area contributed by atoms with Crippen LogP contribution in [0.1, 0.15) is 53.4 Å². The van der Waals surface area contributed by atoms with Crippen molar-refractivity contribution in [2.24, 2.45) is 0 Å². The molecule has 0 spiro atoms. The average molecular weight is 322 g/mol. The van der Waals surface area contributed by atoms with Crippen LogP contribution < -0.4 is 10.6 Å². The number of amides is 2. The zero-order chi connectivity index (χ0) is 15.7. The van der Waals surface area contributed by atoms with Crippen LogP contribution >= 0.6 is 11.3 Å². The number of carbonyl (C=O) groups excluding carboxylic acids is 2. The second-order valence-corrected chi connectivity index (χ2v) is 7.16. The number of thiophene rings is 1. The maximum atomic E-state index is 12.5. The Morgan fingerprint density at radius 1 is 1.32 bits per heavy atom. The molecule has 0 radical (unpaired) electrons. The third-order valence-corrected chi connectivity index (χ3v) is 5.22. The summed E-state index contributed by atoms with van der Waals surface area (Å²) >= 11 is 1.48. The molecule has 2 amide bonds. The molecular formula is C16H22N2O3S. The molecule has 3 rings (SSSR count). The minimum atomic E-state index is -0.383. The van der Waals surface area contributed by atoms with E-state index in [0.717, 1.165) is 42.5 Å². The van der Waals surface area contributed by atoms with E-state index in [1.165, 1.54) is 11.3 Å². The molecule has 1 unspecified atom stereocenters. The lowest BCUT2D eigenvalue weighted by Crippen LogP contribution is -2.30. The summed E-state index contributed by atoms with van der Waals surface area (Å²) in [4.78, 5) is 25.9. The first-order valence-corrected chi connectivity index (χ1v) is 8.77. The molecular weight excluding hydrogens is 300 g/mol.